The van der Waals surface area contributed by atoms with Crippen LogP contribution in [0.15, 0.2) is 0 Å². The van der Waals surface area contributed by atoms with E-state index < -0.39 is 0 Å². The molecule has 1 aliphatic heterocycles. The van der Waals surface area contributed by atoms with Crippen molar-refractivity contribution in [3.05, 3.63) is 33.3 Å². The first-order valence-electron chi connectivity index (χ1n) is 5.04. The van der Waals surface area contributed by atoms with Crippen molar-refractivity contribution < 1.29 is 43.8 Å². The van der Waals surface area contributed by atoms with Gasteiger partial charge in [-0.25, -0.2) is 0 Å². The maximum atomic E-state index is 7.50. The van der Waals surface area contributed by atoms with Crippen LogP contribution in [0.1, 0.15) is 19.8 Å². The van der Waals surface area contributed by atoms with Gasteiger partial charge < -0.3 is 0 Å². The summed E-state index contributed by atoms with van der Waals surface area (Å²) in [6, 6.07) is 0.612. The molecular formula is C13H15CrNO6. The topological polar surface area (TPSA) is 112 Å². The van der Waals surface area contributed by atoms with Crippen molar-refractivity contribution in [1.82, 2.24) is 4.90 Å². The Morgan fingerprint density at radius 1 is 1.05 bits per heavy atom. The second-order valence-electron chi connectivity index (χ2n) is 2.96. The van der Waals surface area contributed by atoms with Crippen LogP contribution in [0, 0.1) is 33.3 Å². The molecule has 0 aromatic heterocycles. The van der Waals surface area contributed by atoms with E-state index in [9.17, 15) is 0 Å². The van der Waals surface area contributed by atoms with Crippen molar-refractivity contribution in [1.29, 1.82) is 0 Å². The van der Waals surface area contributed by atoms with Gasteiger partial charge in [0.15, 0.2) is 0 Å². The van der Waals surface area contributed by atoms with Crippen LogP contribution in [0.25, 0.3) is 0 Å². The van der Waals surface area contributed by atoms with Crippen LogP contribution in [-0.2, 0) is 43.8 Å². The molecule has 0 aliphatic carbocycles. The molecule has 0 amide bonds. The van der Waals surface area contributed by atoms with Crippen molar-refractivity contribution >= 4 is 4.50 Å². The van der Waals surface area contributed by atoms with Crippen LogP contribution in [0.5, 0.6) is 0 Å². The third-order valence-corrected chi connectivity index (χ3v) is 2.51. The maximum absolute atomic E-state index is 7.50. The monoisotopic (exact) mass is 333 g/mol. The molecule has 0 aromatic carbocycles. The zero-order valence-corrected chi connectivity index (χ0v) is 13.0. The molecule has 1 fully saturated rings. The van der Waals surface area contributed by atoms with E-state index in [1.165, 1.54) is 23.9 Å². The first kappa shape index (κ1) is 32.1. The summed E-state index contributed by atoms with van der Waals surface area (Å²) in [5, 5.41) is 0. The molecule has 1 atom stereocenters. The van der Waals surface area contributed by atoms with Crippen molar-refractivity contribution in [3.8, 4) is 0 Å². The Morgan fingerprint density at radius 2 is 1.43 bits per heavy atom. The Labute approximate surface area is 133 Å². The van der Waals surface area contributed by atoms with Crippen molar-refractivity contribution in [2.75, 3.05) is 20.3 Å². The van der Waals surface area contributed by atoms with E-state index in [4.69, 9.17) is 28.0 Å². The second kappa shape index (κ2) is 36.4. The Bertz CT molecular complexity index is 286. The molecule has 0 saturated carbocycles. The van der Waals surface area contributed by atoms with Crippen LogP contribution in [-0.4, -0.2) is 35.7 Å². The van der Waals surface area contributed by atoms with Gasteiger partial charge in [0.25, 0.3) is 0 Å². The van der Waals surface area contributed by atoms with E-state index in [-0.39, 0.29) is 0 Å². The van der Waals surface area contributed by atoms with Gasteiger partial charge in [-0.3, -0.25) is 0 Å². The van der Waals surface area contributed by atoms with E-state index in [0.717, 1.165) is 6.61 Å². The molecule has 1 rings (SSSR count). The Kier molecular flexibility index (Phi) is 55.7. The summed E-state index contributed by atoms with van der Waals surface area (Å²) in [6.45, 7) is 26.7. The van der Waals surface area contributed by atoms with Crippen LogP contribution in [0.2, 0.25) is 0 Å². The molecule has 1 heterocycles. The van der Waals surface area contributed by atoms with Crippen LogP contribution in [0.3, 0.4) is 0 Å². The zero-order chi connectivity index (χ0) is 18.3. The predicted molar refractivity (Wildman–Crippen MR) is 61.9 cm³/mol. The third kappa shape index (κ3) is 21.5. The molecule has 114 valence electrons. The van der Waals surface area contributed by atoms with Crippen LogP contribution in [0.4, 0.5) is 0 Å². The van der Waals surface area contributed by atoms with Crippen molar-refractivity contribution in [2.45, 2.75) is 25.8 Å². The molecule has 7 nitrogen and oxygen atoms in total. The summed E-state index contributed by atoms with van der Waals surface area (Å²) in [5.74, 6) is 0. The summed E-state index contributed by atoms with van der Waals surface area (Å²) < 4.78 is 43.9. The first-order valence-corrected chi connectivity index (χ1v) is 5.67. The van der Waals surface area contributed by atoms with Gasteiger partial charge in [-0.1, -0.05) is 0 Å². The molecule has 0 bridgehead atoms. The van der Waals surface area contributed by atoms with Gasteiger partial charge >= 0.3 is 133 Å². The zero-order valence-electron chi connectivity index (χ0n) is 11.7. The normalized spacial score (nSPS) is 14.0. The SMILES string of the molecule is COC[C@@H]1CCCN1[C](C)=[Cr].[C-]#[O+].[C-]#[O+].[C-]#[O+].[C-]#[O+].[C-]#[O+]. The molecule has 0 radical (unpaired) electrons. The van der Waals surface area contributed by atoms with Gasteiger partial charge in [0, 0.05) is 0 Å². The Balaban J connectivity index is -0.0000000727. The molecule has 0 unspecified atom stereocenters. The van der Waals surface area contributed by atoms with Crippen molar-refractivity contribution in [3.63, 3.8) is 0 Å². The number of hydrogen-bond donors (Lipinski definition) is 0. The van der Waals surface area contributed by atoms with E-state index in [0.29, 0.717) is 6.04 Å². The summed E-state index contributed by atoms with van der Waals surface area (Å²) >= 11 is 3.06. The fraction of sp³-hybridized carbons (Fsp3) is 0.538. The van der Waals surface area contributed by atoms with E-state index >= 15 is 0 Å². The van der Waals surface area contributed by atoms with Crippen LogP contribution < -0.4 is 0 Å². The first-order chi connectivity index (χ1) is 10.3. The summed E-state index contributed by atoms with van der Waals surface area (Å²) in [6.07, 6.45) is 2.57. The van der Waals surface area contributed by atoms with Gasteiger partial charge in [0.05, 0.1) is 0 Å². The van der Waals surface area contributed by atoms with Gasteiger partial charge in [-0.15, -0.1) is 0 Å². The number of nitrogens with zero attached hydrogens (tertiary/aromatic N) is 1. The van der Waals surface area contributed by atoms with E-state index in [2.05, 4.69) is 60.9 Å². The number of methoxy groups -OCH3 is 1. The van der Waals surface area contributed by atoms with Crippen LogP contribution >= 0.6 is 0 Å². The standard InChI is InChI=1S/C8H15NO.5CO.Cr/c1-3-9-6-4-5-8(9)7-10-2;5*1-2;/h8H,4-7H2,1-2H3;;;;;;/t8-;;;;;;/m0....../s1. The number of ether oxygens (including phenoxy) is 1. The number of likely N-dealkylation sites (tertiary alicyclic amines) is 1. The van der Waals surface area contributed by atoms with Gasteiger partial charge in [-0.2, -0.15) is 0 Å². The number of rotatable bonds is 3. The van der Waals surface area contributed by atoms with E-state index in [1.807, 2.05) is 0 Å². The predicted octanol–water partition coefficient (Wildman–Crippen LogP) is 0.606. The van der Waals surface area contributed by atoms with Gasteiger partial charge in [0.1, 0.15) is 0 Å². The molecule has 1 aliphatic rings. The average molecular weight is 333 g/mol. The second-order valence-corrected chi connectivity index (χ2v) is 3.89. The fourth-order valence-corrected chi connectivity index (χ4v) is 1.99. The molecule has 0 N–H and O–H groups in total. The molecular weight excluding hydrogens is 318 g/mol. The molecule has 21 heavy (non-hydrogen) atoms. The Hall–Kier alpha value is -0.978. The van der Waals surface area contributed by atoms with Gasteiger partial charge in [0.2, 0.25) is 0 Å². The van der Waals surface area contributed by atoms with Crippen molar-refractivity contribution in [2.24, 2.45) is 0 Å². The summed E-state index contributed by atoms with van der Waals surface area (Å²) in [5.41, 5.74) is 0. The molecule has 0 aromatic rings. The minimum atomic E-state index is 0.612. The third-order valence-electron chi connectivity index (χ3n) is 2.14. The average Bonchev–Trinajstić information content (AvgIpc) is 3.06. The number of hydrogen-bond acceptors (Lipinski definition) is 2. The quantitative estimate of drug-likeness (QED) is 0.556. The molecule has 0 spiro atoms. The van der Waals surface area contributed by atoms with Gasteiger partial charge in [-0.05, 0) is 0 Å². The molecule has 8 heteroatoms. The molecule has 1 saturated heterocycles. The summed E-state index contributed by atoms with van der Waals surface area (Å²) in [4.78, 5) is 2.39. The van der Waals surface area contributed by atoms with E-state index in [1.54, 1.807) is 7.11 Å². The Morgan fingerprint density at radius 3 is 1.71 bits per heavy atom. The minimum absolute atomic E-state index is 0.612. The fourth-order valence-electron chi connectivity index (χ4n) is 1.62. The summed E-state index contributed by atoms with van der Waals surface area (Å²) in [7, 11) is 1.77.